The number of nitrogens with zero attached hydrogens (tertiary/aromatic N) is 4. The third-order valence-electron chi connectivity index (χ3n) is 4.94. The van der Waals surface area contributed by atoms with E-state index in [9.17, 15) is 4.79 Å². The standard InChI is InChI=1S/C19H19N5O3/c1-23-15-4-2-13(6-16(15)27-10-18(23)25)21-17-5-3-14-19(22-17)24(11-20-14)7-12-8-26-9-12/h2-6,11-12H,7-10H2,1H3,(H,21,22). The topological polar surface area (TPSA) is 81.5 Å². The fourth-order valence-corrected chi connectivity index (χ4v) is 3.31. The number of benzene rings is 1. The fourth-order valence-electron chi connectivity index (χ4n) is 3.31. The van der Waals surface area contributed by atoms with Gasteiger partial charge in [-0.05, 0) is 24.3 Å². The van der Waals surface area contributed by atoms with Crippen molar-refractivity contribution in [1.82, 2.24) is 14.5 Å². The molecule has 1 N–H and O–H groups in total. The molecular formula is C19H19N5O3. The van der Waals surface area contributed by atoms with Crippen molar-refractivity contribution in [3.8, 4) is 5.75 Å². The van der Waals surface area contributed by atoms with Crippen LogP contribution in [0.3, 0.4) is 0 Å². The fraction of sp³-hybridized carbons (Fsp3) is 0.316. The number of aromatic nitrogens is 3. The van der Waals surface area contributed by atoms with Gasteiger partial charge in [-0.25, -0.2) is 9.97 Å². The Morgan fingerprint density at radius 1 is 1.26 bits per heavy atom. The molecule has 0 aliphatic carbocycles. The highest BCUT2D eigenvalue weighted by Crippen LogP contribution is 2.34. The molecule has 0 unspecified atom stereocenters. The zero-order chi connectivity index (χ0) is 18.4. The Kier molecular flexibility index (Phi) is 3.71. The third kappa shape index (κ3) is 2.87. The molecule has 3 aromatic rings. The SMILES string of the molecule is CN1C(=O)COc2cc(Nc3ccc4ncn(CC5COC5)c4n3)ccc21. The molecule has 0 saturated carbocycles. The van der Waals surface area contributed by atoms with Gasteiger partial charge in [-0.15, -0.1) is 0 Å². The van der Waals surface area contributed by atoms with E-state index in [0.29, 0.717) is 11.7 Å². The summed E-state index contributed by atoms with van der Waals surface area (Å²) in [6, 6.07) is 9.52. The number of nitrogens with one attached hydrogen (secondary N) is 1. The molecular weight excluding hydrogens is 346 g/mol. The summed E-state index contributed by atoms with van der Waals surface area (Å²) < 4.78 is 12.9. The lowest BCUT2D eigenvalue weighted by Crippen LogP contribution is -2.35. The Morgan fingerprint density at radius 2 is 2.15 bits per heavy atom. The molecule has 1 amide bonds. The number of hydrogen-bond acceptors (Lipinski definition) is 6. The Balaban J connectivity index is 1.41. The minimum Gasteiger partial charge on any atom is -0.481 e. The van der Waals surface area contributed by atoms with Crippen LogP contribution in [0, 0.1) is 5.92 Å². The van der Waals surface area contributed by atoms with E-state index in [1.165, 1.54) is 0 Å². The lowest BCUT2D eigenvalue weighted by molar-refractivity contribution is -0.120. The van der Waals surface area contributed by atoms with Crippen LogP contribution >= 0.6 is 0 Å². The number of fused-ring (bicyclic) bond motifs is 2. The first-order valence-electron chi connectivity index (χ1n) is 8.87. The molecule has 8 heteroatoms. The molecule has 0 bridgehead atoms. The maximum absolute atomic E-state index is 11.7. The molecule has 1 saturated heterocycles. The monoisotopic (exact) mass is 365 g/mol. The molecule has 0 atom stereocenters. The van der Waals surface area contributed by atoms with Crippen molar-refractivity contribution in [2.45, 2.75) is 6.54 Å². The number of anilines is 3. The van der Waals surface area contributed by atoms with Crippen LogP contribution in [0.15, 0.2) is 36.7 Å². The number of ether oxygens (including phenoxy) is 2. The van der Waals surface area contributed by atoms with E-state index in [2.05, 4.69) is 14.9 Å². The Bertz CT molecular complexity index is 1030. The summed E-state index contributed by atoms with van der Waals surface area (Å²) in [5.41, 5.74) is 3.34. The van der Waals surface area contributed by atoms with E-state index >= 15 is 0 Å². The maximum Gasteiger partial charge on any atom is 0.264 e. The molecule has 2 aliphatic rings. The summed E-state index contributed by atoms with van der Waals surface area (Å²) in [5, 5.41) is 3.31. The van der Waals surface area contributed by atoms with Crippen LogP contribution in [-0.2, 0) is 16.1 Å². The van der Waals surface area contributed by atoms with E-state index in [4.69, 9.17) is 14.5 Å². The minimum absolute atomic E-state index is 0.0551. The largest absolute Gasteiger partial charge is 0.481 e. The molecule has 1 aromatic carbocycles. The van der Waals surface area contributed by atoms with Gasteiger partial charge in [0.2, 0.25) is 0 Å². The summed E-state index contributed by atoms with van der Waals surface area (Å²) >= 11 is 0. The molecule has 4 heterocycles. The molecule has 5 rings (SSSR count). The lowest BCUT2D eigenvalue weighted by Gasteiger charge is -2.26. The van der Waals surface area contributed by atoms with Crippen LogP contribution in [0.5, 0.6) is 5.75 Å². The molecule has 0 spiro atoms. The van der Waals surface area contributed by atoms with Crippen molar-refractivity contribution in [2.24, 2.45) is 5.92 Å². The van der Waals surface area contributed by atoms with Gasteiger partial charge < -0.3 is 24.3 Å². The summed E-state index contributed by atoms with van der Waals surface area (Å²) in [6.45, 7) is 2.51. The highest BCUT2D eigenvalue weighted by Gasteiger charge is 2.22. The first-order valence-corrected chi connectivity index (χ1v) is 8.87. The van der Waals surface area contributed by atoms with Gasteiger partial charge in [0.1, 0.15) is 17.1 Å². The van der Waals surface area contributed by atoms with Crippen molar-refractivity contribution in [3.63, 3.8) is 0 Å². The van der Waals surface area contributed by atoms with E-state index in [0.717, 1.165) is 48.1 Å². The average molecular weight is 365 g/mol. The zero-order valence-corrected chi connectivity index (χ0v) is 14.9. The average Bonchev–Trinajstić information content (AvgIpc) is 3.04. The second-order valence-corrected chi connectivity index (χ2v) is 6.89. The number of carbonyl (C=O) groups excluding carboxylic acids is 1. The number of hydrogen-bond donors (Lipinski definition) is 1. The Morgan fingerprint density at radius 3 is 2.96 bits per heavy atom. The normalized spacial score (nSPS) is 16.8. The van der Waals surface area contributed by atoms with Gasteiger partial charge >= 0.3 is 0 Å². The van der Waals surface area contributed by atoms with E-state index < -0.39 is 0 Å². The van der Waals surface area contributed by atoms with Crippen molar-refractivity contribution < 1.29 is 14.3 Å². The summed E-state index contributed by atoms with van der Waals surface area (Å²) in [5.74, 6) is 1.88. The first kappa shape index (κ1) is 16.1. The van der Waals surface area contributed by atoms with Crippen molar-refractivity contribution in [3.05, 3.63) is 36.7 Å². The van der Waals surface area contributed by atoms with Crippen LogP contribution < -0.4 is 15.0 Å². The minimum atomic E-state index is -0.0551. The van der Waals surface area contributed by atoms with Gasteiger partial charge in [0.15, 0.2) is 12.3 Å². The van der Waals surface area contributed by atoms with Gasteiger partial charge in [-0.1, -0.05) is 0 Å². The Labute approximate surface area is 155 Å². The van der Waals surface area contributed by atoms with Crippen LogP contribution in [0.1, 0.15) is 0 Å². The van der Waals surface area contributed by atoms with Gasteiger partial charge in [0, 0.05) is 31.3 Å². The van der Waals surface area contributed by atoms with Crippen molar-refractivity contribution >= 4 is 34.3 Å². The second kappa shape index (κ2) is 6.24. The van der Waals surface area contributed by atoms with E-state index in [1.807, 2.05) is 36.7 Å². The molecule has 8 nitrogen and oxygen atoms in total. The smallest absolute Gasteiger partial charge is 0.264 e. The maximum atomic E-state index is 11.7. The predicted molar refractivity (Wildman–Crippen MR) is 100 cm³/mol. The summed E-state index contributed by atoms with van der Waals surface area (Å²) in [4.78, 5) is 22.5. The highest BCUT2D eigenvalue weighted by molar-refractivity contribution is 5.97. The van der Waals surface area contributed by atoms with Crippen LogP contribution in [-0.4, -0.2) is 47.3 Å². The number of carbonyl (C=O) groups is 1. The third-order valence-corrected chi connectivity index (χ3v) is 4.94. The predicted octanol–water partition coefficient (Wildman–Crippen LogP) is 2.18. The van der Waals surface area contributed by atoms with Gasteiger partial charge in [-0.2, -0.15) is 0 Å². The number of pyridine rings is 1. The van der Waals surface area contributed by atoms with Crippen molar-refractivity contribution in [2.75, 3.05) is 37.1 Å². The number of likely N-dealkylation sites (N-methyl/N-ethyl adjacent to an activating group) is 1. The number of imidazole rings is 1. The first-order chi connectivity index (χ1) is 13.2. The highest BCUT2D eigenvalue weighted by atomic mass is 16.5. The van der Waals surface area contributed by atoms with Crippen LogP contribution in [0.2, 0.25) is 0 Å². The van der Waals surface area contributed by atoms with E-state index in [1.54, 1.807) is 11.9 Å². The number of rotatable bonds is 4. The van der Waals surface area contributed by atoms with Gasteiger partial charge in [-0.3, -0.25) is 4.79 Å². The van der Waals surface area contributed by atoms with Crippen molar-refractivity contribution in [1.29, 1.82) is 0 Å². The molecule has 2 aromatic heterocycles. The second-order valence-electron chi connectivity index (χ2n) is 6.89. The lowest BCUT2D eigenvalue weighted by atomic mass is 10.1. The molecule has 0 radical (unpaired) electrons. The molecule has 138 valence electrons. The Hall–Kier alpha value is -3.13. The van der Waals surface area contributed by atoms with Crippen LogP contribution in [0.4, 0.5) is 17.2 Å². The molecule has 27 heavy (non-hydrogen) atoms. The van der Waals surface area contributed by atoms with E-state index in [-0.39, 0.29) is 12.5 Å². The number of amides is 1. The molecule has 1 fully saturated rings. The zero-order valence-electron chi connectivity index (χ0n) is 14.9. The quantitative estimate of drug-likeness (QED) is 0.763. The van der Waals surface area contributed by atoms with Gasteiger partial charge in [0.25, 0.3) is 5.91 Å². The summed E-state index contributed by atoms with van der Waals surface area (Å²) in [7, 11) is 1.75. The summed E-state index contributed by atoms with van der Waals surface area (Å²) in [6.07, 6.45) is 1.83. The van der Waals surface area contributed by atoms with Crippen LogP contribution in [0.25, 0.3) is 11.2 Å². The van der Waals surface area contributed by atoms with Gasteiger partial charge in [0.05, 0.1) is 25.2 Å². The molecule has 2 aliphatic heterocycles.